The Balaban J connectivity index is 0.000000325. The van der Waals surface area contributed by atoms with Gasteiger partial charge in [-0.25, -0.2) is 0 Å². The summed E-state index contributed by atoms with van der Waals surface area (Å²) < 4.78 is -1.23. The summed E-state index contributed by atoms with van der Waals surface area (Å²) in [5.41, 5.74) is 0. The number of thioether (sulfide) groups is 2. The van der Waals surface area contributed by atoms with Gasteiger partial charge in [0.2, 0.25) is 8.42 Å². The van der Waals surface area contributed by atoms with Gasteiger partial charge in [0.05, 0.1) is 0 Å². The summed E-state index contributed by atoms with van der Waals surface area (Å²) in [6, 6.07) is 0. The molecule has 0 aromatic carbocycles. The molecular formula is C5H6Cl7PS4. The fourth-order valence-corrected chi connectivity index (χ4v) is 5.68. The Hall–Kier alpha value is 3.21. The van der Waals surface area contributed by atoms with E-state index >= 15 is 0 Å². The van der Waals surface area contributed by atoms with Crippen molar-refractivity contribution in [1.82, 2.24) is 0 Å². The van der Waals surface area contributed by atoms with Crippen molar-refractivity contribution < 1.29 is 0 Å². The van der Waals surface area contributed by atoms with Gasteiger partial charge in [0, 0.05) is 0 Å². The molecule has 0 radical (unpaired) electrons. The monoisotopic (exact) mass is 470 g/mol. The second-order valence-electron chi connectivity index (χ2n) is 2.38. The third-order valence-electron chi connectivity index (χ3n) is 0.883. The van der Waals surface area contributed by atoms with Gasteiger partial charge in [-0.15, -0.1) is 0 Å². The molecule has 104 valence electrons. The summed E-state index contributed by atoms with van der Waals surface area (Å²) >= 11 is 42.7. The van der Waals surface area contributed by atoms with Crippen LogP contribution in [-0.4, -0.2) is 12.5 Å². The van der Waals surface area contributed by atoms with Crippen molar-refractivity contribution in [3.8, 4) is 0 Å². The van der Waals surface area contributed by atoms with Crippen molar-refractivity contribution in [2.75, 3.05) is 12.5 Å². The minimum absolute atomic E-state index is 0.925. The van der Waals surface area contributed by atoms with E-state index in [1.165, 1.54) is 8.42 Å². The van der Waals surface area contributed by atoms with Gasteiger partial charge in [-0.1, -0.05) is 23.5 Å². The van der Waals surface area contributed by atoms with Gasteiger partial charge in [0.15, 0.2) is 0 Å². The normalized spacial score (nSPS) is 15.6. The molecule has 1 aromatic heterocycles. The summed E-state index contributed by atoms with van der Waals surface area (Å²) in [7, 11) is 0. The van der Waals surface area contributed by atoms with Gasteiger partial charge in [0.25, 0.3) is 0 Å². The molecular weight excluding hydrogens is 467 g/mol. The van der Waals surface area contributed by atoms with Crippen LogP contribution in [0.15, 0.2) is 8.42 Å². The second-order valence-corrected chi connectivity index (χ2v) is 32.6. The predicted molar refractivity (Wildman–Crippen MR) is 97.2 cm³/mol. The number of halogens is 7. The van der Waals surface area contributed by atoms with Gasteiger partial charge >= 0.3 is 73.2 Å². The van der Waals surface area contributed by atoms with E-state index < -0.39 is 2.06 Å². The summed E-state index contributed by atoms with van der Waals surface area (Å²) in [5, 5.41) is 0. The molecule has 1 rings (SSSR count). The standard InChI is InChI=1S/C5H6ClS4.Cl6P/c1-7-3-4(8-2)10-5(6)9-3;1-7(2,3,4,5)6/h1-2H3;/q+1;-1. The van der Waals surface area contributed by atoms with Gasteiger partial charge < -0.3 is 0 Å². The fraction of sp³-hybridized carbons (Fsp3) is 0.400. The zero-order chi connectivity index (χ0) is 14.0. The van der Waals surface area contributed by atoms with Crippen molar-refractivity contribution in [2.45, 2.75) is 8.42 Å². The number of hydrogen-bond acceptors (Lipinski definition) is 3. The molecule has 1 heterocycles. The average molecular weight is 474 g/mol. The maximum atomic E-state index is 5.83. The molecule has 0 amide bonds. The Bertz CT molecular complexity index is 348. The Morgan fingerprint density at radius 1 is 1.00 bits per heavy atom. The molecule has 0 aliphatic rings. The van der Waals surface area contributed by atoms with E-state index in [1.807, 2.05) is 0 Å². The van der Waals surface area contributed by atoms with Gasteiger partial charge in [-0.2, -0.15) is 0 Å². The second kappa shape index (κ2) is 6.54. The SMILES string of the molecule is CSc1sc(Cl)[s+]c1SC.Cl[P-](Cl)(Cl)(Cl)(Cl)Cl. The van der Waals surface area contributed by atoms with E-state index in [9.17, 15) is 0 Å². The number of hydrogen-bond donors (Lipinski definition) is 0. The van der Waals surface area contributed by atoms with Crippen molar-refractivity contribution in [2.24, 2.45) is 0 Å². The van der Waals surface area contributed by atoms with Crippen LogP contribution in [0, 0.1) is 0 Å². The molecule has 12 heteroatoms. The first kappa shape index (κ1) is 20.2. The molecule has 0 unspecified atom stereocenters. The Labute approximate surface area is 150 Å². The molecule has 0 saturated carbocycles. The molecule has 1 aromatic rings. The molecule has 0 saturated heterocycles. The van der Waals surface area contributed by atoms with Crippen molar-refractivity contribution in [1.29, 1.82) is 0 Å². The number of rotatable bonds is 2. The van der Waals surface area contributed by atoms with Crippen LogP contribution in [-0.2, 0) is 0 Å². The molecule has 0 bridgehead atoms. The van der Waals surface area contributed by atoms with Crippen molar-refractivity contribution >= 4 is 127 Å². The van der Waals surface area contributed by atoms with E-state index in [2.05, 4.69) is 12.5 Å². The van der Waals surface area contributed by atoms with E-state index in [1.54, 1.807) is 46.2 Å². The first-order valence-corrected chi connectivity index (χ1v) is 16.1. The van der Waals surface area contributed by atoms with Crippen LogP contribution < -0.4 is 0 Å². The molecule has 0 N–H and O–H groups in total. The van der Waals surface area contributed by atoms with Gasteiger partial charge in [-0.3, -0.25) is 0 Å². The zero-order valence-electron chi connectivity index (χ0n) is 8.23. The Morgan fingerprint density at radius 2 is 1.41 bits per heavy atom. The van der Waals surface area contributed by atoms with Crippen LogP contribution in [0.2, 0.25) is 3.65 Å². The quantitative estimate of drug-likeness (QED) is 0.239. The summed E-state index contributed by atoms with van der Waals surface area (Å²) in [4.78, 5) is 0. The van der Waals surface area contributed by atoms with Gasteiger partial charge in [0.1, 0.15) is 22.7 Å². The molecule has 0 nitrogen and oxygen atoms in total. The summed E-state index contributed by atoms with van der Waals surface area (Å²) in [6.45, 7) is 0. The van der Waals surface area contributed by atoms with Crippen LogP contribution in [0.4, 0.5) is 0 Å². The zero-order valence-corrected chi connectivity index (χ0v) is 17.7. The van der Waals surface area contributed by atoms with E-state index in [-0.39, 0.29) is 0 Å². The maximum absolute atomic E-state index is 5.83. The van der Waals surface area contributed by atoms with Crippen molar-refractivity contribution in [3.63, 3.8) is 0 Å². The van der Waals surface area contributed by atoms with E-state index in [0.717, 1.165) is 3.65 Å². The third-order valence-corrected chi connectivity index (χ3v) is 6.11. The topological polar surface area (TPSA) is 0 Å². The molecule has 17 heavy (non-hydrogen) atoms. The van der Waals surface area contributed by atoms with Crippen LogP contribution in [0.25, 0.3) is 0 Å². The molecule has 0 aliphatic carbocycles. The summed E-state index contributed by atoms with van der Waals surface area (Å²) in [5.74, 6) is 0. The van der Waals surface area contributed by atoms with Crippen LogP contribution in [0.3, 0.4) is 0 Å². The predicted octanol–water partition coefficient (Wildman–Crippen LogP) is 9.19. The van der Waals surface area contributed by atoms with Crippen molar-refractivity contribution in [3.05, 3.63) is 3.65 Å². The molecule has 0 fully saturated rings. The Kier molecular flexibility index (Phi) is 7.77. The molecule has 0 aliphatic heterocycles. The first-order valence-electron chi connectivity index (χ1n) is 3.49. The molecule has 0 spiro atoms. The summed E-state index contributed by atoms with van der Waals surface area (Å²) in [6.07, 6.45) is 4.16. The molecule has 0 atom stereocenters. The fourth-order valence-electron chi connectivity index (χ4n) is 0.500. The van der Waals surface area contributed by atoms with Crippen LogP contribution in [0.1, 0.15) is 0 Å². The van der Waals surface area contributed by atoms with Crippen LogP contribution in [0.5, 0.6) is 0 Å². The first-order chi connectivity index (χ1) is 7.22. The van der Waals surface area contributed by atoms with E-state index in [0.29, 0.717) is 0 Å². The van der Waals surface area contributed by atoms with Crippen LogP contribution >= 0.6 is 127 Å². The average Bonchev–Trinajstić information content (AvgIpc) is 2.40. The van der Waals surface area contributed by atoms with E-state index in [4.69, 9.17) is 79.0 Å². The van der Waals surface area contributed by atoms with Gasteiger partial charge in [-0.05, 0) is 24.1 Å². The Morgan fingerprint density at radius 3 is 1.65 bits per heavy atom. The minimum atomic E-state index is -4.82. The third kappa shape index (κ3) is 15.4.